The second kappa shape index (κ2) is 7.09. The molecule has 2 atom stereocenters. The van der Waals surface area contributed by atoms with Crippen molar-refractivity contribution in [3.05, 3.63) is 34.4 Å². The highest BCUT2D eigenvalue weighted by molar-refractivity contribution is 6.31. The van der Waals surface area contributed by atoms with E-state index in [-0.39, 0.29) is 36.4 Å². The number of ether oxygens (including phenoxy) is 1. The van der Waals surface area contributed by atoms with Crippen LogP contribution in [0, 0.1) is 11.6 Å². The molecule has 1 fully saturated rings. The quantitative estimate of drug-likeness (QED) is 0.718. The van der Waals surface area contributed by atoms with Crippen LogP contribution in [0.4, 0.5) is 8.78 Å². The number of morpholine rings is 1. The summed E-state index contributed by atoms with van der Waals surface area (Å²) in [6.45, 7) is 3.65. The van der Waals surface area contributed by atoms with Gasteiger partial charge >= 0.3 is 0 Å². The van der Waals surface area contributed by atoms with E-state index in [1.54, 1.807) is 13.8 Å². The lowest BCUT2D eigenvalue weighted by atomic mass is 9.93. The molecule has 0 radical (unpaired) electrons. The summed E-state index contributed by atoms with van der Waals surface area (Å²) in [6, 6.07) is 1.65. The molecule has 1 aromatic carbocycles. The van der Waals surface area contributed by atoms with Gasteiger partial charge in [-0.15, -0.1) is 0 Å². The molecule has 0 aliphatic carbocycles. The van der Waals surface area contributed by atoms with Crippen molar-refractivity contribution in [1.82, 2.24) is 10.6 Å². The molecule has 1 heterocycles. The van der Waals surface area contributed by atoms with E-state index in [1.165, 1.54) is 0 Å². The van der Waals surface area contributed by atoms with Gasteiger partial charge in [0.15, 0.2) is 11.6 Å². The van der Waals surface area contributed by atoms with Crippen LogP contribution in [-0.4, -0.2) is 42.9 Å². The van der Waals surface area contributed by atoms with Crippen LogP contribution in [0.25, 0.3) is 0 Å². The third-order valence-electron chi connectivity index (χ3n) is 3.72. The molecular formula is C15H19ClF2N2O3. The average molecular weight is 349 g/mol. The maximum absolute atomic E-state index is 13.5. The lowest BCUT2D eigenvalue weighted by Crippen LogP contribution is -2.56. The Hall–Kier alpha value is -1.28. The van der Waals surface area contributed by atoms with Crippen molar-refractivity contribution in [2.45, 2.75) is 31.5 Å². The summed E-state index contributed by atoms with van der Waals surface area (Å²) < 4.78 is 32.0. The minimum Gasteiger partial charge on any atom is -0.395 e. The predicted molar refractivity (Wildman–Crippen MR) is 81.2 cm³/mol. The second-order valence-corrected chi connectivity index (χ2v) is 6.38. The van der Waals surface area contributed by atoms with Gasteiger partial charge in [0.25, 0.3) is 5.91 Å². The smallest absolute Gasteiger partial charge is 0.251 e. The SMILES string of the molecule is CC(C)(NC(=O)[C@@H]1CN[C@H](CO)CO1)c1cc(F)c(F)cc1Cl. The molecule has 1 aliphatic heterocycles. The molecular weight excluding hydrogens is 330 g/mol. The lowest BCUT2D eigenvalue weighted by molar-refractivity contribution is -0.137. The van der Waals surface area contributed by atoms with E-state index in [2.05, 4.69) is 10.6 Å². The Morgan fingerprint density at radius 2 is 2.13 bits per heavy atom. The second-order valence-electron chi connectivity index (χ2n) is 5.97. The summed E-state index contributed by atoms with van der Waals surface area (Å²) in [4.78, 5) is 12.3. The fraction of sp³-hybridized carbons (Fsp3) is 0.533. The molecule has 1 aliphatic rings. The van der Waals surface area contributed by atoms with E-state index >= 15 is 0 Å². The van der Waals surface area contributed by atoms with Gasteiger partial charge in [-0.05, 0) is 31.5 Å². The molecule has 0 spiro atoms. The summed E-state index contributed by atoms with van der Waals surface area (Å²) >= 11 is 5.96. The molecule has 23 heavy (non-hydrogen) atoms. The fourth-order valence-electron chi connectivity index (χ4n) is 2.37. The highest BCUT2D eigenvalue weighted by Crippen LogP contribution is 2.30. The zero-order chi connectivity index (χ0) is 17.2. The maximum atomic E-state index is 13.5. The molecule has 0 aromatic heterocycles. The van der Waals surface area contributed by atoms with Gasteiger partial charge in [-0.25, -0.2) is 8.78 Å². The van der Waals surface area contributed by atoms with Gasteiger partial charge in [-0.2, -0.15) is 0 Å². The average Bonchev–Trinajstić information content (AvgIpc) is 2.50. The van der Waals surface area contributed by atoms with Crippen molar-refractivity contribution in [2.75, 3.05) is 19.8 Å². The summed E-state index contributed by atoms with van der Waals surface area (Å²) in [5.41, 5.74) is -0.747. The minimum atomic E-state index is -1.05. The molecule has 5 nitrogen and oxygen atoms in total. The first-order valence-electron chi connectivity index (χ1n) is 7.17. The van der Waals surface area contributed by atoms with Gasteiger partial charge in [0.2, 0.25) is 0 Å². The molecule has 2 rings (SSSR count). The number of rotatable bonds is 4. The normalized spacial score (nSPS) is 22.0. The van der Waals surface area contributed by atoms with Crippen LogP contribution in [0.5, 0.6) is 0 Å². The molecule has 3 N–H and O–H groups in total. The summed E-state index contributed by atoms with van der Waals surface area (Å²) in [6.07, 6.45) is -0.735. The number of aliphatic hydroxyl groups is 1. The standard InChI is InChI=1S/C15H19ClF2N2O3/c1-15(2,9-3-11(17)12(18)4-10(9)16)20-14(22)13-5-19-8(6-21)7-23-13/h3-4,8,13,19,21H,5-7H2,1-2H3,(H,20,22)/t8-,13+/m1/s1. The lowest BCUT2D eigenvalue weighted by Gasteiger charge is -2.33. The summed E-state index contributed by atoms with van der Waals surface area (Å²) in [7, 11) is 0. The van der Waals surface area contributed by atoms with Crippen LogP contribution in [-0.2, 0) is 15.1 Å². The Kier molecular flexibility index (Phi) is 5.57. The topological polar surface area (TPSA) is 70.6 Å². The van der Waals surface area contributed by atoms with Gasteiger partial charge in [-0.3, -0.25) is 4.79 Å². The van der Waals surface area contributed by atoms with E-state index in [1.807, 2.05) is 0 Å². The van der Waals surface area contributed by atoms with E-state index in [4.69, 9.17) is 21.4 Å². The van der Waals surface area contributed by atoms with Gasteiger partial charge in [0, 0.05) is 11.6 Å². The predicted octanol–water partition coefficient (Wildman–Crippen LogP) is 1.32. The van der Waals surface area contributed by atoms with Crippen LogP contribution in [0.15, 0.2) is 12.1 Å². The first-order chi connectivity index (χ1) is 10.7. The molecule has 0 unspecified atom stereocenters. The van der Waals surface area contributed by atoms with E-state index in [9.17, 15) is 13.6 Å². The molecule has 1 aromatic rings. The van der Waals surface area contributed by atoms with Crippen LogP contribution >= 0.6 is 11.6 Å². The third kappa shape index (κ3) is 4.17. The maximum Gasteiger partial charge on any atom is 0.251 e. The highest BCUT2D eigenvalue weighted by Gasteiger charge is 2.32. The Balaban J connectivity index is 2.09. The van der Waals surface area contributed by atoms with Crippen molar-refractivity contribution in [3.8, 4) is 0 Å². The number of amides is 1. The number of nitrogens with one attached hydrogen (secondary N) is 2. The van der Waals surface area contributed by atoms with Crippen LogP contribution in [0.1, 0.15) is 19.4 Å². The Morgan fingerprint density at radius 1 is 1.48 bits per heavy atom. The zero-order valence-electron chi connectivity index (χ0n) is 12.8. The molecule has 8 heteroatoms. The van der Waals surface area contributed by atoms with E-state index in [0.29, 0.717) is 0 Å². The fourth-order valence-corrected chi connectivity index (χ4v) is 2.75. The van der Waals surface area contributed by atoms with Crippen molar-refractivity contribution in [1.29, 1.82) is 0 Å². The first kappa shape index (κ1) is 18.1. The number of benzene rings is 1. The number of carbonyl (C=O) groups excluding carboxylic acids is 1. The zero-order valence-corrected chi connectivity index (χ0v) is 13.6. The molecule has 0 saturated carbocycles. The van der Waals surface area contributed by atoms with Gasteiger partial charge in [0.1, 0.15) is 6.10 Å². The van der Waals surface area contributed by atoms with Crippen LogP contribution in [0.3, 0.4) is 0 Å². The van der Waals surface area contributed by atoms with Crippen LogP contribution in [0.2, 0.25) is 5.02 Å². The summed E-state index contributed by atoms with van der Waals surface area (Å²) in [5.74, 6) is -2.48. The molecule has 128 valence electrons. The number of carbonyl (C=O) groups is 1. The van der Waals surface area contributed by atoms with Crippen LogP contribution < -0.4 is 10.6 Å². The molecule has 1 amide bonds. The molecule has 0 bridgehead atoms. The van der Waals surface area contributed by atoms with Crippen molar-refractivity contribution >= 4 is 17.5 Å². The van der Waals surface area contributed by atoms with Crippen molar-refractivity contribution in [2.24, 2.45) is 0 Å². The van der Waals surface area contributed by atoms with E-state index < -0.39 is 29.2 Å². The van der Waals surface area contributed by atoms with Crippen molar-refractivity contribution < 1.29 is 23.4 Å². The molecule has 1 saturated heterocycles. The van der Waals surface area contributed by atoms with Gasteiger partial charge in [-0.1, -0.05) is 11.6 Å². The highest BCUT2D eigenvalue weighted by atomic mass is 35.5. The number of hydrogen-bond donors (Lipinski definition) is 3. The van der Waals surface area contributed by atoms with Gasteiger partial charge < -0.3 is 20.5 Å². The van der Waals surface area contributed by atoms with E-state index in [0.717, 1.165) is 12.1 Å². The Labute approximate surface area is 138 Å². The van der Waals surface area contributed by atoms with Crippen molar-refractivity contribution in [3.63, 3.8) is 0 Å². The largest absolute Gasteiger partial charge is 0.395 e. The summed E-state index contributed by atoms with van der Waals surface area (Å²) in [5, 5.41) is 14.7. The van der Waals surface area contributed by atoms with Gasteiger partial charge in [0.05, 0.1) is 24.8 Å². The number of hydrogen-bond acceptors (Lipinski definition) is 4. The number of aliphatic hydroxyl groups excluding tert-OH is 1. The Bertz CT molecular complexity index is 590. The number of halogens is 3. The third-order valence-corrected chi connectivity index (χ3v) is 4.04. The minimum absolute atomic E-state index is 0.0252. The first-order valence-corrected chi connectivity index (χ1v) is 7.55. The Morgan fingerprint density at radius 3 is 2.70 bits per heavy atom. The monoisotopic (exact) mass is 348 g/mol.